The molecule has 0 saturated carbocycles. The van der Waals surface area contributed by atoms with Crippen molar-refractivity contribution in [3.8, 4) is 16.9 Å². The van der Waals surface area contributed by atoms with E-state index >= 15 is 0 Å². The van der Waals surface area contributed by atoms with Crippen LogP contribution in [0.4, 0.5) is 4.39 Å². The standard InChI is InChI=1S/C16H18FNO/c1-10(2)13-9-18-11(3)8-12(13)16-14(17)6-5-7-15(16)19-4/h5-10H,1-4H3. The van der Waals surface area contributed by atoms with Gasteiger partial charge in [-0.05, 0) is 42.2 Å². The van der Waals surface area contributed by atoms with Crippen molar-refractivity contribution in [1.82, 2.24) is 4.98 Å². The smallest absolute Gasteiger partial charge is 0.134 e. The van der Waals surface area contributed by atoms with Crippen molar-refractivity contribution in [2.75, 3.05) is 7.11 Å². The summed E-state index contributed by atoms with van der Waals surface area (Å²) < 4.78 is 19.5. The Hall–Kier alpha value is -1.90. The zero-order valence-electron chi connectivity index (χ0n) is 11.7. The normalized spacial score (nSPS) is 10.8. The second kappa shape index (κ2) is 5.39. The van der Waals surface area contributed by atoms with Crippen LogP contribution >= 0.6 is 0 Å². The Morgan fingerprint density at radius 3 is 2.63 bits per heavy atom. The lowest BCUT2D eigenvalue weighted by atomic mass is 9.93. The lowest BCUT2D eigenvalue weighted by molar-refractivity contribution is 0.413. The minimum Gasteiger partial charge on any atom is -0.496 e. The monoisotopic (exact) mass is 259 g/mol. The SMILES string of the molecule is COc1cccc(F)c1-c1cc(C)ncc1C(C)C. The minimum absolute atomic E-state index is 0.271. The second-order valence-electron chi connectivity index (χ2n) is 4.88. The summed E-state index contributed by atoms with van der Waals surface area (Å²) in [5.74, 6) is 0.548. The first-order chi connectivity index (χ1) is 9.04. The first-order valence-corrected chi connectivity index (χ1v) is 6.34. The van der Waals surface area contributed by atoms with Crippen LogP contribution < -0.4 is 4.74 Å². The van der Waals surface area contributed by atoms with E-state index in [2.05, 4.69) is 18.8 Å². The molecule has 2 rings (SSSR count). The average Bonchev–Trinajstić information content (AvgIpc) is 2.37. The van der Waals surface area contributed by atoms with Gasteiger partial charge >= 0.3 is 0 Å². The van der Waals surface area contributed by atoms with Crippen LogP contribution in [0.2, 0.25) is 0 Å². The maximum atomic E-state index is 14.2. The quantitative estimate of drug-likeness (QED) is 0.818. The molecule has 0 N–H and O–H groups in total. The van der Waals surface area contributed by atoms with E-state index in [1.807, 2.05) is 19.2 Å². The Labute approximate surface area is 113 Å². The van der Waals surface area contributed by atoms with Crippen molar-refractivity contribution in [2.45, 2.75) is 26.7 Å². The molecule has 2 nitrogen and oxygen atoms in total. The molecular weight excluding hydrogens is 241 g/mol. The Bertz CT molecular complexity index is 593. The molecule has 0 aliphatic heterocycles. The highest BCUT2D eigenvalue weighted by atomic mass is 19.1. The van der Waals surface area contributed by atoms with Gasteiger partial charge in [-0.1, -0.05) is 19.9 Å². The summed E-state index contributed by atoms with van der Waals surface area (Å²) in [6, 6.07) is 6.80. The van der Waals surface area contributed by atoms with Gasteiger partial charge < -0.3 is 4.74 Å². The molecule has 1 aromatic carbocycles. The number of ether oxygens (including phenoxy) is 1. The van der Waals surface area contributed by atoms with E-state index in [0.717, 1.165) is 16.8 Å². The first-order valence-electron chi connectivity index (χ1n) is 6.34. The molecule has 0 radical (unpaired) electrons. The fourth-order valence-electron chi connectivity index (χ4n) is 2.18. The Morgan fingerprint density at radius 2 is 2.00 bits per heavy atom. The summed E-state index contributed by atoms with van der Waals surface area (Å²) in [6.45, 7) is 6.05. The van der Waals surface area contributed by atoms with Gasteiger partial charge in [0.05, 0.1) is 12.7 Å². The molecule has 3 heteroatoms. The van der Waals surface area contributed by atoms with Gasteiger partial charge in [0.2, 0.25) is 0 Å². The van der Waals surface area contributed by atoms with Gasteiger partial charge in [-0.15, -0.1) is 0 Å². The third-order valence-electron chi connectivity index (χ3n) is 3.16. The largest absolute Gasteiger partial charge is 0.496 e. The molecule has 0 aliphatic rings. The van der Waals surface area contributed by atoms with E-state index in [4.69, 9.17) is 4.74 Å². The van der Waals surface area contributed by atoms with Crippen LogP contribution in [-0.2, 0) is 0 Å². The Morgan fingerprint density at radius 1 is 1.26 bits per heavy atom. The van der Waals surface area contributed by atoms with Crippen LogP contribution in [0.5, 0.6) is 5.75 Å². The van der Waals surface area contributed by atoms with Gasteiger partial charge in [0.25, 0.3) is 0 Å². The van der Waals surface area contributed by atoms with Crippen LogP contribution in [-0.4, -0.2) is 12.1 Å². The number of nitrogens with zero attached hydrogens (tertiary/aromatic N) is 1. The van der Waals surface area contributed by atoms with Crippen molar-refractivity contribution >= 4 is 0 Å². The molecule has 0 aliphatic carbocycles. The number of aromatic nitrogens is 1. The summed E-state index contributed by atoms with van der Waals surface area (Å²) in [4.78, 5) is 4.31. The number of methoxy groups -OCH3 is 1. The van der Waals surface area contributed by atoms with Gasteiger partial charge in [-0.25, -0.2) is 4.39 Å². The van der Waals surface area contributed by atoms with Crippen molar-refractivity contribution in [3.63, 3.8) is 0 Å². The number of hydrogen-bond acceptors (Lipinski definition) is 2. The molecule has 0 atom stereocenters. The molecule has 100 valence electrons. The summed E-state index contributed by atoms with van der Waals surface area (Å²) in [7, 11) is 1.56. The van der Waals surface area contributed by atoms with Crippen molar-refractivity contribution in [3.05, 3.63) is 47.5 Å². The summed E-state index contributed by atoms with van der Waals surface area (Å²) in [5.41, 5.74) is 3.26. The van der Waals surface area contributed by atoms with Crippen LogP contribution in [0, 0.1) is 12.7 Å². The van der Waals surface area contributed by atoms with Gasteiger partial charge in [0, 0.05) is 11.9 Å². The number of rotatable bonds is 3. The molecule has 1 heterocycles. The maximum Gasteiger partial charge on any atom is 0.134 e. The van der Waals surface area contributed by atoms with Crippen LogP contribution in [0.15, 0.2) is 30.5 Å². The molecule has 1 aromatic heterocycles. The maximum absolute atomic E-state index is 14.2. The zero-order valence-corrected chi connectivity index (χ0v) is 11.7. The Balaban J connectivity index is 2.74. The van der Waals surface area contributed by atoms with Crippen molar-refractivity contribution in [2.24, 2.45) is 0 Å². The van der Waals surface area contributed by atoms with Gasteiger partial charge in [-0.2, -0.15) is 0 Å². The molecule has 2 aromatic rings. The van der Waals surface area contributed by atoms with E-state index in [0.29, 0.717) is 11.3 Å². The molecule has 0 unspecified atom stereocenters. The topological polar surface area (TPSA) is 22.1 Å². The lowest BCUT2D eigenvalue weighted by Crippen LogP contribution is -1.99. The molecule has 0 bridgehead atoms. The zero-order chi connectivity index (χ0) is 14.0. The number of halogens is 1. The van der Waals surface area contributed by atoms with Crippen molar-refractivity contribution < 1.29 is 9.13 Å². The molecule has 0 fully saturated rings. The lowest BCUT2D eigenvalue weighted by Gasteiger charge is -2.16. The van der Waals surface area contributed by atoms with Gasteiger partial charge in [0.15, 0.2) is 0 Å². The molecule has 0 spiro atoms. The fraction of sp³-hybridized carbons (Fsp3) is 0.312. The highest BCUT2D eigenvalue weighted by Crippen LogP contribution is 2.37. The molecule has 0 amide bonds. The predicted molar refractivity (Wildman–Crippen MR) is 75.0 cm³/mol. The van der Waals surface area contributed by atoms with E-state index in [-0.39, 0.29) is 11.7 Å². The average molecular weight is 259 g/mol. The predicted octanol–water partition coefficient (Wildman–Crippen LogP) is 4.33. The fourth-order valence-corrected chi connectivity index (χ4v) is 2.18. The van der Waals surface area contributed by atoms with Crippen molar-refractivity contribution in [1.29, 1.82) is 0 Å². The highest BCUT2D eigenvalue weighted by molar-refractivity contribution is 5.74. The second-order valence-corrected chi connectivity index (χ2v) is 4.88. The summed E-state index contributed by atoms with van der Waals surface area (Å²) in [5, 5.41) is 0. The third kappa shape index (κ3) is 2.60. The summed E-state index contributed by atoms with van der Waals surface area (Å²) >= 11 is 0. The first kappa shape index (κ1) is 13.5. The van der Waals surface area contributed by atoms with Crippen LogP contribution in [0.3, 0.4) is 0 Å². The van der Waals surface area contributed by atoms with Crippen LogP contribution in [0.1, 0.15) is 31.0 Å². The van der Waals surface area contributed by atoms with E-state index < -0.39 is 0 Å². The number of pyridine rings is 1. The van der Waals surface area contributed by atoms with Gasteiger partial charge in [-0.3, -0.25) is 4.98 Å². The van der Waals surface area contributed by atoms with E-state index in [1.54, 1.807) is 19.2 Å². The summed E-state index contributed by atoms with van der Waals surface area (Å²) in [6.07, 6.45) is 1.82. The third-order valence-corrected chi connectivity index (χ3v) is 3.16. The molecule has 19 heavy (non-hydrogen) atoms. The number of benzene rings is 1. The minimum atomic E-state index is -0.271. The number of hydrogen-bond donors (Lipinski definition) is 0. The van der Waals surface area contributed by atoms with Crippen LogP contribution in [0.25, 0.3) is 11.1 Å². The van der Waals surface area contributed by atoms with E-state index in [1.165, 1.54) is 6.07 Å². The molecule has 0 saturated heterocycles. The highest BCUT2D eigenvalue weighted by Gasteiger charge is 2.17. The molecular formula is C16H18FNO. The number of aryl methyl sites for hydroxylation is 1. The van der Waals surface area contributed by atoms with Gasteiger partial charge in [0.1, 0.15) is 11.6 Å². The van der Waals surface area contributed by atoms with E-state index in [9.17, 15) is 4.39 Å². The Kier molecular flexibility index (Phi) is 3.84.